The van der Waals surface area contributed by atoms with E-state index in [4.69, 9.17) is 0 Å². The van der Waals surface area contributed by atoms with E-state index in [2.05, 4.69) is 107 Å². The average Bonchev–Trinajstić information content (AvgIpc) is 3.28. The first kappa shape index (κ1) is 18.2. The van der Waals surface area contributed by atoms with Gasteiger partial charge in [-0.3, -0.25) is 4.98 Å². The summed E-state index contributed by atoms with van der Waals surface area (Å²) in [6, 6.07) is 35.2. The summed E-state index contributed by atoms with van der Waals surface area (Å²) < 4.78 is 2.69. The Hall–Kier alpha value is -4.21. The number of nitrogens with zero attached hydrogens (tertiary/aromatic N) is 2. The van der Waals surface area contributed by atoms with E-state index in [-0.39, 0.29) is 0 Å². The van der Waals surface area contributed by atoms with Crippen molar-refractivity contribution in [1.82, 2.24) is 4.98 Å². The van der Waals surface area contributed by atoms with Gasteiger partial charge in [0.15, 0.2) is 0 Å². The maximum atomic E-state index is 4.55. The maximum absolute atomic E-state index is 4.55. The van der Waals surface area contributed by atoms with E-state index >= 15 is 0 Å². The highest BCUT2D eigenvalue weighted by atomic mass is 32.1. The lowest BCUT2D eigenvalue weighted by Crippen LogP contribution is -2.15. The average molecular weight is 451 g/mol. The number of aromatic nitrogens is 1. The van der Waals surface area contributed by atoms with Crippen molar-refractivity contribution in [3.63, 3.8) is 0 Å². The highest BCUT2D eigenvalue weighted by Gasteiger charge is 2.28. The molecule has 0 unspecified atom stereocenters. The smallest absolute Gasteiger partial charge is 0.0724 e. The van der Waals surface area contributed by atoms with Gasteiger partial charge < -0.3 is 4.90 Å². The molecule has 7 aromatic rings. The van der Waals surface area contributed by atoms with Crippen LogP contribution in [0.5, 0.6) is 0 Å². The van der Waals surface area contributed by atoms with Crippen LogP contribution in [0.3, 0.4) is 0 Å². The molecule has 0 saturated heterocycles. The van der Waals surface area contributed by atoms with Crippen LogP contribution in [0.4, 0.5) is 17.1 Å². The van der Waals surface area contributed by atoms with Crippen molar-refractivity contribution in [2.45, 2.75) is 0 Å². The summed E-state index contributed by atoms with van der Waals surface area (Å²) in [7, 11) is 0. The Labute approximate surface area is 200 Å². The Morgan fingerprint density at radius 1 is 0.588 bits per heavy atom. The van der Waals surface area contributed by atoms with Crippen LogP contribution in [0.2, 0.25) is 0 Å². The van der Waals surface area contributed by atoms with Gasteiger partial charge in [-0.15, -0.1) is 11.3 Å². The van der Waals surface area contributed by atoms with Crippen LogP contribution in [0.1, 0.15) is 0 Å². The molecular formula is C31H18N2S. The number of fused-ring (bicyclic) bond motifs is 7. The molecule has 0 fully saturated rings. The summed E-state index contributed by atoms with van der Waals surface area (Å²) in [4.78, 5) is 6.96. The van der Waals surface area contributed by atoms with Gasteiger partial charge in [-0.05, 0) is 41.3 Å². The van der Waals surface area contributed by atoms with Gasteiger partial charge in [0.25, 0.3) is 0 Å². The first-order valence-corrected chi connectivity index (χ1v) is 12.3. The Morgan fingerprint density at radius 2 is 1.35 bits per heavy atom. The molecule has 0 N–H and O–H groups in total. The summed E-state index contributed by atoms with van der Waals surface area (Å²) in [5.74, 6) is 0. The molecule has 5 aromatic carbocycles. The number of benzene rings is 5. The summed E-state index contributed by atoms with van der Waals surface area (Å²) in [6.45, 7) is 0. The number of hydrogen-bond acceptors (Lipinski definition) is 3. The van der Waals surface area contributed by atoms with Gasteiger partial charge >= 0.3 is 0 Å². The number of pyridine rings is 1. The molecule has 0 spiro atoms. The van der Waals surface area contributed by atoms with Crippen LogP contribution in [-0.4, -0.2) is 4.98 Å². The molecule has 3 heteroatoms. The Kier molecular flexibility index (Phi) is 3.57. The summed E-state index contributed by atoms with van der Waals surface area (Å²) in [5.41, 5.74) is 6.03. The fourth-order valence-corrected chi connectivity index (χ4v) is 6.83. The van der Waals surface area contributed by atoms with Gasteiger partial charge in [0.1, 0.15) is 0 Å². The van der Waals surface area contributed by atoms with E-state index in [1.807, 2.05) is 23.7 Å². The van der Waals surface area contributed by atoms with Crippen molar-refractivity contribution in [1.29, 1.82) is 0 Å². The van der Waals surface area contributed by atoms with Gasteiger partial charge in [-0.1, -0.05) is 66.7 Å². The molecule has 3 heterocycles. The van der Waals surface area contributed by atoms with Crippen molar-refractivity contribution in [3.05, 3.63) is 109 Å². The fourth-order valence-electron chi connectivity index (χ4n) is 5.62. The highest BCUT2D eigenvalue weighted by Crippen LogP contribution is 2.54. The third kappa shape index (κ3) is 2.32. The minimum Gasteiger partial charge on any atom is -0.307 e. The minimum atomic E-state index is 1.12. The highest BCUT2D eigenvalue weighted by molar-refractivity contribution is 7.26. The Morgan fingerprint density at radius 3 is 2.32 bits per heavy atom. The predicted octanol–water partition coefficient (Wildman–Crippen LogP) is 9.21. The van der Waals surface area contributed by atoms with Crippen LogP contribution < -0.4 is 4.90 Å². The molecule has 0 atom stereocenters. The second-order valence-corrected chi connectivity index (χ2v) is 9.88. The van der Waals surface area contributed by atoms with E-state index in [0.717, 1.165) is 5.69 Å². The van der Waals surface area contributed by atoms with Crippen molar-refractivity contribution in [2.75, 3.05) is 4.90 Å². The number of hydrogen-bond donors (Lipinski definition) is 0. The molecule has 0 amide bonds. The topological polar surface area (TPSA) is 16.1 Å². The van der Waals surface area contributed by atoms with Gasteiger partial charge in [-0.2, -0.15) is 0 Å². The molecule has 0 bridgehead atoms. The van der Waals surface area contributed by atoms with Crippen molar-refractivity contribution >= 4 is 70.1 Å². The molecular weight excluding hydrogens is 432 g/mol. The molecule has 2 nitrogen and oxygen atoms in total. The molecule has 158 valence electrons. The normalized spacial score (nSPS) is 12.6. The van der Waals surface area contributed by atoms with E-state index in [1.54, 1.807) is 0 Å². The lowest BCUT2D eigenvalue weighted by atomic mass is 9.89. The number of thiophene rings is 1. The zero-order valence-electron chi connectivity index (χ0n) is 18.2. The van der Waals surface area contributed by atoms with Crippen LogP contribution in [-0.2, 0) is 0 Å². The summed E-state index contributed by atoms with van der Waals surface area (Å²) in [6.07, 6.45) is 3.92. The van der Waals surface area contributed by atoms with Gasteiger partial charge in [0.05, 0.1) is 23.3 Å². The molecule has 34 heavy (non-hydrogen) atoms. The molecule has 1 aliphatic heterocycles. The van der Waals surface area contributed by atoms with E-state index in [1.165, 1.54) is 64.2 Å². The molecule has 0 saturated carbocycles. The first-order valence-electron chi connectivity index (χ1n) is 11.5. The van der Waals surface area contributed by atoms with Crippen LogP contribution in [0.15, 0.2) is 109 Å². The van der Waals surface area contributed by atoms with Crippen molar-refractivity contribution < 1.29 is 0 Å². The predicted molar refractivity (Wildman–Crippen MR) is 146 cm³/mol. The molecule has 1 aliphatic rings. The zero-order chi connectivity index (χ0) is 22.2. The summed E-state index contributed by atoms with van der Waals surface area (Å²) in [5, 5.41) is 7.78. The Balaban J connectivity index is 1.57. The van der Waals surface area contributed by atoms with E-state index in [0.29, 0.717) is 0 Å². The monoisotopic (exact) mass is 450 g/mol. The number of rotatable bonds is 1. The van der Waals surface area contributed by atoms with Crippen LogP contribution >= 0.6 is 11.3 Å². The lowest BCUT2D eigenvalue weighted by molar-refractivity contribution is 1.24. The molecule has 0 radical (unpaired) electrons. The van der Waals surface area contributed by atoms with Crippen molar-refractivity contribution in [3.8, 4) is 11.1 Å². The molecule has 2 aromatic heterocycles. The number of anilines is 3. The second kappa shape index (κ2) is 6.66. The summed E-state index contributed by atoms with van der Waals surface area (Å²) >= 11 is 1.89. The second-order valence-electron chi connectivity index (χ2n) is 8.83. The fraction of sp³-hybridized carbons (Fsp3) is 0. The third-order valence-electron chi connectivity index (χ3n) is 7.06. The van der Waals surface area contributed by atoms with Gasteiger partial charge in [0, 0.05) is 48.1 Å². The SMILES string of the molecule is c1ccc2c(N3c4cnccc4-c4cc5c6ccccc6sc5c5cccc3c45)cccc2c1. The van der Waals surface area contributed by atoms with E-state index in [9.17, 15) is 0 Å². The zero-order valence-corrected chi connectivity index (χ0v) is 19.0. The maximum Gasteiger partial charge on any atom is 0.0724 e. The third-order valence-corrected chi connectivity index (χ3v) is 8.28. The van der Waals surface area contributed by atoms with E-state index < -0.39 is 0 Å². The first-order chi connectivity index (χ1) is 16.9. The van der Waals surface area contributed by atoms with Crippen LogP contribution in [0, 0.1) is 0 Å². The molecule has 8 rings (SSSR count). The van der Waals surface area contributed by atoms with Gasteiger partial charge in [0.2, 0.25) is 0 Å². The quantitative estimate of drug-likeness (QED) is 0.248. The standard InChI is InChI=1S/C31H18N2S/c1-2-9-20-19(7-1)8-5-12-26(20)33-27-13-6-11-23-30(27)24(21-15-16-32-18-28(21)33)17-25-22-10-3-4-14-29(22)34-31(23)25/h1-18H. The molecule has 0 aliphatic carbocycles. The van der Waals surface area contributed by atoms with Crippen molar-refractivity contribution in [2.24, 2.45) is 0 Å². The van der Waals surface area contributed by atoms with Gasteiger partial charge in [-0.25, -0.2) is 0 Å². The minimum absolute atomic E-state index is 1.12. The lowest BCUT2D eigenvalue weighted by Gasteiger charge is -2.34. The largest absolute Gasteiger partial charge is 0.307 e. The Bertz CT molecular complexity index is 1930. The van der Waals surface area contributed by atoms with Crippen LogP contribution in [0.25, 0.3) is 52.8 Å².